The van der Waals surface area contributed by atoms with Crippen molar-refractivity contribution in [1.82, 2.24) is 4.98 Å². The fourth-order valence-electron chi connectivity index (χ4n) is 2.93. The van der Waals surface area contributed by atoms with Gasteiger partial charge in [0.1, 0.15) is 16.5 Å². The zero-order chi connectivity index (χ0) is 22.1. The van der Waals surface area contributed by atoms with Crippen LogP contribution in [0.25, 0.3) is 0 Å². The van der Waals surface area contributed by atoms with Crippen LogP contribution in [0, 0.1) is 12.7 Å². The van der Waals surface area contributed by atoms with Crippen LogP contribution in [0.5, 0.6) is 0 Å². The van der Waals surface area contributed by atoms with Gasteiger partial charge in [0.15, 0.2) is 5.13 Å². The van der Waals surface area contributed by atoms with E-state index in [1.54, 1.807) is 18.2 Å². The molecule has 0 spiro atoms. The first-order chi connectivity index (χ1) is 14.8. The van der Waals surface area contributed by atoms with Gasteiger partial charge in [-0.05, 0) is 37.3 Å². The first-order valence-electron chi connectivity index (χ1n) is 8.99. The first-order valence-corrected chi connectivity index (χ1v) is 10.2. The number of halogens is 2. The van der Waals surface area contributed by atoms with Gasteiger partial charge < -0.3 is 5.32 Å². The third-order valence-electron chi connectivity index (χ3n) is 4.35. The van der Waals surface area contributed by atoms with Gasteiger partial charge in [-0.15, -0.1) is 11.3 Å². The Bertz CT molecular complexity index is 1260. The molecule has 1 aliphatic rings. The number of nitrogens with one attached hydrogen (secondary N) is 2. The highest BCUT2D eigenvalue weighted by molar-refractivity contribution is 7.13. The number of anilines is 3. The van der Waals surface area contributed by atoms with Gasteiger partial charge in [0.2, 0.25) is 0 Å². The molecule has 10 heteroatoms. The second kappa shape index (κ2) is 8.29. The number of thiazole rings is 1. The van der Waals surface area contributed by atoms with Gasteiger partial charge in [0.25, 0.3) is 17.7 Å². The molecule has 0 saturated heterocycles. The zero-order valence-electron chi connectivity index (χ0n) is 16.0. The molecule has 0 aliphatic carbocycles. The summed E-state index contributed by atoms with van der Waals surface area (Å²) in [6.07, 6.45) is 0. The van der Waals surface area contributed by atoms with Crippen LogP contribution in [-0.2, 0) is 9.59 Å². The molecular weight excluding hydrogens is 443 g/mol. The molecule has 3 aromatic rings. The number of aromatic nitrogens is 1. The molecule has 1 aromatic heterocycles. The number of benzene rings is 2. The van der Waals surface area contributed by atoms with Gasteiger partial charge in [-0.1, -0.05) is 29.8 Å². The van der Waals surface area contributed by atoms with E-state index in [1.165, 1.54) is 35.6 Å². The summed E-state index contributed by atoms with van der Waals surface area (Å²) >= 11 is 7.38. The van der Waals surface area contributed by atoms with Crippen LogP contribution in [0.2, 0.25) is 0 Å². The number of carbonyl (C=O) groups is 3. The quantitative estimate of drug-likeness (QED) is 0.559. The van der Waals surface area contributed by atoms with Crippen molar-refractivity contribution in [3.63, 3.8) is 0 Å². The van der Waals surface area contributed by atoms with E-state index in [9.17, 15) is 18.8 Å². The minimum absolute atomic E-state index is 0.195. The molecule has 156 valence electrons. The monoisotopic (exact) mass is 456 g/mol. The standard InChI is InChI=1S/C21H14ClFN4O3S/c1-11-10-31-21(24-11)26-18(28)12-5-4-6-13(9-12)25-17-16(22)19(29)27(20(17)30)15-8-3-2-7-14(15)23/h2-10,25H,1H3,(H,24,26,28). The number of imide groups is 1. The lowest BCUT2D eigenvalue weighted by Gasteiger charge is -2.15. The molecule has 0 saturated carbocycles. The smallest absolute Gasteiger partial charge is 0.283 e. The van der Waals surface area contributed by atoms with E-state index in [1.807, 2.05) is 12.3 Å². The maximum absolute atomic E-state index is 14.1. The van der Waals surface area contributed by atoms with Gasteiger partial charge in [0.05, 0.1) is 11.4 Å². The summed E-state index contributed by atoms with van der Waals surface area (Å²) in [6, 6.07) is 11.7. The summed E-state index contributed by atoms with van der Waals surface area (Å²) in [5, 5.41) is 7.36. The number of hydrogen-bond acceptors (Lipinski definition) is 6. The number of para-hydroxylation sites is 1. The van der Waals surface area contributed by atoms with Crippen molar-refractivity contribution in [2.45, 2.75) is 6.92 Å². The lowest BCUT2D eigenvalue weighted by atomic mass is 10.2. The Morgan fingerprint density at radius 3 is 2.61 bits per heavy atom. The molecule has 31 heavy (non-hydrogen) atoms. The third-order valence-corrected chi connectivity index (χ3v) is 5.58. The van der Waals surface area contributed by atoms with Crippen LogP contribution < -0.4 is 15.5 Å². The predicted molar refractivity (Wildman–Crippen MR) is 117 cm³/mol. The van der Waals surface area contributed by atoms with Crippen LogP contribution in [-0.4, -0.2) is 22.7 Å². The molecule has 0 fully saturated rings. The Hall–Kier alpha value is -3.56. The average molecular weight is 457 g/mol. The van der Waals surface area contributed by atoms with E-state index in [2.05, 4.69) is 15.6 Å². The molecule has 0 bridgehead atoms. The number of carbonyl (C=O) groups excluding carboxylic acids is 3. The molecule has 0 unspecified atom stereocenters. The molecule has 1 aliphatic heterocycles. The summed E-state index contributed by atoms with van der Waals surface area (Å²) in [5.74, 6) is -2.76. The van der Waals surface area contributed by atoms with Crippen LogP contribution >= 0.6 is 22.9 Å². The Morgan fingerprint density at radius 1 is 1.13 bits per heavy atom. The molecule has 4 rings (SSSR count). The summed E-state index contributed by atoms with van der Waals surface area (Å²) in [6.45, 7) is 1.82. The summed E-state index contributed by atoms with van der Waals surface area (Å²) in [7, 11) is 0. The fraction of sp³-hybridized carbons (Fsp3) is 0.0476. The highest BCUT2D eigenvalue weighted by Gasteiger charge is 2.40. The topological polar surface area (TPSA) is 91.4 Å². The Labute approximate surface area is 185 Å². The number of hydrogen-bond donors (Lipinski definition) is 2. The Kier molecular flexibility index (Phi) is 5.53. The second-order valence-corrected chi connectivity index (χ2v) is 7.78. The number of rotatable bonds is 5. The van der Waals surface area contributed by atoms with Crippen molar-refractivity contribution in [2.75, 3.05) is 15.5 Å². The van der Waals surface area contributed by atoms with Crippen LogP contribution in [0.4, 0.5) is 20.9 Å². The van der Waals surface area contributed by atoms with Gasteiger partial charge in [-0.3, -0.25) is 19.7 Å². The number of amides is 3. The number of nitrogens with zero attached hydrogens (tertiary/aromatic N) is 2. The van der Waals surface area contributed by atoms with Crippen LogP contribution in [0.3, 0.4) is 0 Å². The van der Waals surface area contributed by atoms with Gasteiger partial charge in [-0.2, -0.15) is 0 Å². The van der Waals surface area contributed by atoms with Crippen molar-refractivity contribution >= 4 is 57.2 Å². The highest BCUT2D eigenvalue weighted by Crippen LogP contribution is 2.31. The lowest BCUT2D eigenvalue weighted by Crippen LogP contribution is -2.33. The van der Waals surface area contributed by atoms with E-state index in [-0.39, 0.29) is 22.3 Å². The molecule has 0 atom stereocenters. The minimum Gasteiger partial charge on any atom is -0.350 e. The van der Waals surface area contributed by atoms with Crippen molar-refractivity contribution in [1.29, 1.82) is 0 Å². The van der Waals surface area contributed by atoms with Gasteiger partial charge >= 0.3 is 0 Å². The maximum Gasteiger partial charge on any atom is 0.283 e. The van der Waals surface area contributed by atoms with Crippen molar-refractivity contribution in [3.8, 4) is 0 Å². The van der Waals surface area contributed by atoms with Gasteiger partial charge in [-0.25, -0.2) is 14.3 Å². The predicted octanol–water partition coefficient (Wildman–Crippen LogP) is 4.28. The highest BCUT2D eigenvalue weighted by atomic mass is 35.5. The normalized spacial score (nSPS) is 13.7. The third kappa shape index (κ3) is 4.05. The van der Waals surface area contributed by atoms with Crippen molar-refractivity contribution < 1.29 is 18.8 Å². The molecule has 2 N–H and O–H groups in total. The summed E-state index contributed by atoms with van der Waals surface area (Å²) < 4.78 is 14.1. The van der Waals surface area contributed by atoms with E-state index < -0.39 is 17.6 Å². The van der Waals surface area contributed by atoms with E-state index in [0.29, 0.717) is 21.3 Å². The van der Waals surface area contributed by atoms with Crippen LogP contribution in [0.15, 0.2) is 64.6 Å². The first kappa shape index (κ1) is 20.7. The van der Waals surface area contributed by atoms with E-state index >= 15 is 0 Å². The molecule has 2 aromatic carbocycles. The maximum atomic E-state index is 14.1. The Morgan fingerprint density at radius 2 is 1.90 bits per heavy atom. The molecule has 7 nitrogen and oxygen atoms in total. The van der Waals surface area contributed by atoms with Crippen molar-refractivity contribution in [3.05, 3.63) is 81.7 Å². The SMILES string of the molecule is Cc1csc(NC(=O)c2cccc(NC3=C(Cl)C(=O)N(c4ccccc4F)C3=O)c2)n1. The summed E-state index contributed by atoms with van der Waals surface area (Å²) in [5.41, 5.74) is 1.05. The van der Waals surface area contributed by atoms with Crippen molar-refractivity contribution in [2.24, 2.45) is 0 Å². The number of aryl methyl sites for hydroxylation is 1. The largest absolute Gasteiger partial charge is 0.350 e. The Balaban J connectivity index is 1.56. The second-order valence-electron chi connectivity index (χ2n) is 6.54. The minimum atomic E-state index is -0.840. The molecule has 3 amide bonds. The molecule has 0 radical (unpaired) electrons. The van der Waals surface area contributed by atoms with Crippen LogP contribution in [0.1, 0.15) is 16.1 Å². The van der Waals surface area contributed by atoms with Gasteiger partial charge in [0, 0.05) is 16.6 Å². The van der Waals surface area contributed by atoms with E-state index in [0.717, 1.165) is 11.8 Å². The summed E-state index contributed by atoms with van der Waals surface area (Å²) in [4.78, 5) is 42.6. The van der Waals surface area contributed by atoms with E-state index in [4.69, 9.17) is 11.6 Å². The fourth-order valence-corrected chi connectivity index (χ4v) is 3.82. The molecule has 2 heterocycles. The molecular formula is C21H14ClFN4O3S. The average Bonchev–Trinajstić information content (AvgIpc) is 3.25. The lowest BCUT2D eigenvalue weighted by molar-refractivity contribution is -0.120. The zero-order valence-corrected chi connectivity index (χ0v) is 17.6.